The number of unbranched alkanes of at least 4 members (excludes halogenated alkanes) is 20. The van der Waals surface area contributed by atoms with Crippen LogP contribution in [-0.4, -0.2) is 96.0 Å². The van der Waals surface area contributed by atoms with Gasteiger partial charge >= 0.3 is 11.9 Å². The topological polar surface area (TPSA) is 186 Å². The van der Waals surface area contributed by atoms with E-state index >= 15 is 0 Å². The van der Waals surface area contributed by atoms with E-state index in [-0.39, 0.29) is 19.4 Å². The Balaban J connectivity index is 2.51. The summed E-state index contributed by atoms with van der Waals surface area (Å²) < 4.78 is 53.8. The van der Waals surface area contributed by atoms with Crippen molar-refractivity contribution in [1.82, 2.24) is 0 Å². The lowest BCUT2D eigenvalue weighted by Crippen LogP contribution is -2.60. The summed E-state index contributed by atoms with van der Waals surface area (Å²) in [6.07, 6.45) is 21.4. The molecule has 2 unspecified atom stereocenters. The molecule has 0 amide bonds. The lowest BCUT2D eigenvalue weighted by atomic mass is 10.00. The van der Waals surface area contributed by atoms with E-state index in [4.69, 9.17) is 18.9 Å². The average Bonchev–Trinajstić information content (AvgIpc) is 3.12. The van der Waals surface area contributed by atoms with Gasteiger partial charge in [0.2, 0.25) is 0 Å². The molecule has 1 fully saturated rings. The summed E-state index contributed by atoms with van der Waals surface area (Å²) in [5.74, 6) is -2.04. The second-order valence-corrected chi connectivity index (χ2v) is 16.2. The molecule has 0 radical (unpaired) electrons. The van der Waals surface area contributed by atoms with Gasteiger partial charge in [0.05, 0.1) is 6.61 Å². The van der Waals surface area contributed by atoms with Gasteiger partial charge < -0.3 is 34.3 Å². The van der Waals surface area contributed by atoms with E-state index in [1.54, 1.807) is 0 Å². The van der Waals surface area contributed by atoms with Crippen molar-refractivity contribution in [2.75, 3.05) is 19.0 Å². The molecule has 0 aromatic rings. The zero-order chi connectivity index (χ0) is 39.2. The standard InChI is InChI=1S/C40H74O12S/c1-3-5-7-9-11-13-15-16-17-18-19-21-23-25-27-29-36(42)51-33(30-49-35(41)28-26-24-22-20-14-12-10-8-6-4-2)31-50-40-39(45)38(44)37(43)34(52-40)32-53(46,47)48/h23,25,33-34,37-40,43-45H,3-22,24,26-32H2,1-2H3,(H,46,47,48)/b25-23+/t33-,34-,37-,38?,39?,40+/m1/s1. The summed E-state index contributed by atoms with van der Waals surface area (Å²) >= 11 is 0. The predicted molar refractivity (Wildman–Crippen MR) is 206 cm³/mol. The summed E-state index contributed by atoms with van der Waals surface area (Å²) in [7, 11) is -4.60. The first-order chi connectivity index (χ1) is 25.5. The molecular formula is C40H74O12S. The predicted octanol–water partition coefficient (Wildman–Crippen LogP) is 7.50. The highest BCUT2D eigenvalue weighted by molar-refractivity contribution is 7.85. The van der Waals surface area contributed by atoms with E-state index in [0.29, 0.717) is 12.8 Å². The summed E-state index contributed by atoms with van der Waals surface area (Å²) in [6, 6.07) is 0. The number of esters is 2. The van der Waals surface area contributed by atoms with Gasteiger partial charge in [0.1, 0.15) is 36.8 Å². The molecule has 13 heteroatoms. The lowest BCUT2D eigenvalue weighted by Gasteiger charge is -2.40. The Morgan fingerprint density at radius 3 is 1.64 bits per heavy atom. The van der Waals surface area contributed by atoms with Gasteiger partial charge in [-0.05, 0) is 25.7 Å². The molecule has 4 N–H and O–H groups in total. The molecule has 1 aliphatic rings. The summed E-state index contributed by atoms with van der Waals surface area (Å²) in [4.78, 5) is 25.2. The van der Waals surface area contributed by atoms with Gasteiger partial charge in [0, 0.05) is 12.8 Å². The second kappa shape index (κ2) is 31.6. The van der Waals surface area contributed by atoms with Crippen LogP contribution in [0.2, 0.25) is 0 Å². The third-order valence-corrected chi connectivity index (χ3v) is 10.4. The lowest BCUT2D eigenvalue weighted by molar-refractivity contribution is -0.297. The molecule has 0 aromatic heterocycles. The van der Waals surface area contributed by atoms with E-state index in [0.717, 1.165) is 32.1 Å². The monoisotopic (exact) mass is 778 g/mol. The van der Waals surface area contributed by atoms with E-state index in [1.165, 1.54) is 103 Å². The van der Waals surface area contributed by atoms with Crippen molar-refractivity contribution in [3.63, 3.8) is 0 Å². The van der Waals surface area contributed by atoms with Crippen LogP contribution in [0.1, 0.15) is 174 Å². The fourth-order valence-electron chi connectivity index (χ4n) is 6.34. The Morgan fingerprint density at radius 2 is 1.11 bits per heavy atom. The zero-order valence-electron chi connectivity index (χ0n) is 32.9. The fraction of sp³-hybridized carbons (Fsp3) is 0.900. The molecule has 12 nitrogen and oxygen atoms in total. The van der Waals surface area contributed by atoms with Crippen LogP contribution in [0, 0.1) is 0 Å². The number of hydrogen-bond acceptors (Lipinski definition) is 11. The number of carbonyl (C=O) groups excluding carboxylic acids is 2. The molecule has 0 spiro atoms. The normalized spacial score (nSPS) is 21.2. The van der Waals surface area contributed by atoms with Gasteiger partial charge in [-0.3, -0.25) is 14.1 Å². The Kier molecular flexibility index (Phi) is 29.4. The highest BCUT2D eigenvalue weighted by Crippen LogP contribution is 2.24. The Hall–Kier alpha value is -1.61. The first kappa shape index (κ1) is 49.4. The quantitative estimate of drug-likeness (QED) is 0.0219. The van der Waals surface area contributed by atoms with Gasteiger partial charge in [-0.15, -0.1) is 0 Å². The number of aliphatic hydroxyl groups excluding tert-OH is 3. The van der Waals surface area contributed by atoms with Crippen molar-refractivity contribution in [2.24, 2.45) is 0 Å². The van der Waals surface area contributed by atoms with Gasteiger partial charge in [-0.25, -0.2) is 0 Å². The summed E-state index contributed by atoms with van der Waals surface area (Å²) in [5.41, 5.74) is 0. The molecular weight excluding hydrogens is 704 g/mol. The molecule has 1 aliphatic heterocycles. The molecule has 1 rings (SSSR count). The van der Waals surface area contributed by atoms with E-state index in [1.807, 2.05) is 6.08 Å². The zero-order valence-corrected chi connectivity index (χ0v) is 33.7. The maximum absolute atomic E-state index is 12.7. The van der Waals surface area contributed by atoms with Crippen molar-refractivity contribution in [2.45, 2.75) is 211 Å². The maximum atomic E-state index is 12.7. The van der Waals surface area contributed by atoms with Gasteiger partial charge in [-0.1, -0.05) is 148 Å². The summed E-state index contributed by atoms with van der Waals surface area (Å²) in [5, 5.41) is 30.8. The SMILES string of the molecule is CCCCCCCCCCCCC/C=C/CCC(=O)O[C@H](COC(=O)CCCCCCCCCCCC)CO[C@H]1O[C@H](CS(=O)(=O)O)[C@@H](O)C(O)C1O. The van der Waals surface area contributed by atoms with Crippen LogP contribution in [0.25, 0.3) is 0 Å². The molecule has 0 aromatic carbocycles. The third-order valence-electron chi connectivity index (χ3n) is 9.61. The maximum Gasteiger partial charge on any atom is 0.306 e. The number of allylic oxidation sites excluding steroid dienone is 2. The van der Waals surface area contributed by atoms with Crippen LogP contribution >= 0.6 is 0 Å². The number of aliphatic hydroxyl groups is 3. The Bertz CT molecular complexity index is 1050. The first-order valence-electron chi connectivity index (χ1n) is 20.7. The van der Waals surface area contributed by atoms with E-state index < -0.39 is 71.2 Å². The van der Waals surface area contributed by atoms with Crippen molar-refractivity contribution in [3.8, 4) is 0 Å². The van der Waals surface area contributed by atoms with Crippen molar-refractivity contribution < 1.29 is 56.8 Å². The van der Waals surface area contributed by atoms with Crippen molar-refractivity contribution in [3.05, 3.63) is 12.2 Å². The molecule has 0 bridgehead atoms. The van der Waals surface area contributed by atoms with Crippen LogP contribution in [0.3, 0.4) is 0 Å². The largest absolute Gasteiger partial charge is 0.462 e. The first-order valence-corrected chi connectivity index (χ1v) is 22.4. The van der Waals surface area contributed by atoms with Crippen molar-refractivity contribution in [1.29, 1.82) is 0 Å². The van der Waals surface area contributed by atoms with Gasteiger partial charge in [-0.2, -0.15) is 8.42 Å². The van der Waals surface area contributed by atoms with Crippen LogP contribution < -0.4 is 0 Å². The average molecular weight is 779 g/mol. The van der Waals surface area contributed by atoms with E-state index in [2.05, 4.69) is 19.9 Å². The van der Waals surface area contributed by atoms with Crippen LogP contribution in [0.15, 0.2) is 12.2 Å². The van der Waals surface area contributed by atoms with Crippen LogP contribution in [0.5, 0.6) is 0 Å². The number of rotatable bonds is 34. The van der Waals surface area contributed by atoms with Gasteiger partial charge in [0.25, 0.3) is 10.1 Å². The molecule has 0 aliphatic carbocycles. The summed E-state index contributed by atoms with van der Waals surface area (Å²) in [6.45, 7) is 3.70. The Labute approximate surface area is 320 Å². The van der Waals surface area contributed by atoms with Crippen LogP contribution in [0.4, 0.5) is 0 Å². The molecule has 0 saturated carbocycles. The molecule has 312 valence electrons. The Morgan fingerprint density at radius 1 is 0.623 bits per heavy atom. The molecule has 1 saturated heterocycles. The number of carbonyl (C=O) groups is 2. The molecule has 6 atom stereocenters. The highest BCUT2D eigenvalue weighted by Gasteiger charge is 2.46. The minimum atomic E-state index is -4.60. The molecule has 1 heterocycles. The smallest absolute Gasteiger partial charge is 0.306 e. The second-order valence-electron chi connectivity index (χ2n) is 14.7. The number of hydrogen-bond donors (Lipinski definition) is 4. The highest BCUT2D eigenvalue weighted by atomic mass is 32.2. The fourth-order valence-corrected chi connectivity index (χ4v) is 7.03. The molecule has 53 heavy (non-hydrogen) atoms. The third kappa shape index (κ3) is 26.8. The number of ether oxygens (including phenoxy) is 4. The van der Waals surface area contributed by atoms with Gasteiger partial charge in [0.15, 0.2) is 12.4 Å². The van der Waals surface area contributed by atoms with Crippen LogP contribution in [-0.2, 0) is 38.7 Å². The van der Waals surface area contributed by atoms with E-state index in [9.17, 15) is 37.9 Å². The minimum absolute atomic E-state index is 0.0850. The minimum Gasteiger partial charge on any atom is -0.462 e. The van der Waals surface area contributed by atoms with Crippen molar-refractivity contribution >= 4 is 22.1 Å².